The summed E-state index contributed by atoms with van der Waals surface area (Å²) in [7, 11) is 0. The second kappa shape index (κ2) is 3.19. The lowest BCUT2D eigenvalue weighted by Gasteiger charge is -2.25. The fraction of sp³-hybridized carbons (Fsp3) is 0.667. The van der Waals surface area contributed by atoms with Crippen LogP contribution in [-0.4, -0.2) is 23.9 Å². The monoisotopic (exact) mass is 370 g/mol. The highest BCUT2D eigenvalue weighted by Crippen LogP contribution is 2.63. The van der Waals surface area contributed by atoms with Crippen molar-refractivity contribution >= 4 is 22.6 Å². The lowest BCUT2D eigenvalue weighted by atomic mass is 10.1. The Hall–Kier alpha value is -0.160. The van der Waals surface area contributed by atoms with Crippen LogP contribution in [0.2, 0.25) is 0 Å². The molecule has 0 heterocycles. The molecule has 0 unspecified atom stereocenters. The summed E-state index contributed by atoms with van der Waals surface area (Å²) in [6, 6.07) is 0. The zero-order valence-corrected chi connectivity index (χ0v) is 8.94. The van der Waals surface area contributed by atoms with Gasteiger partial charge in [-0.3, -0.25) is 0 Å². The van der Waals surface area contributed by atoms with E-state index >= 15 is 0 Å². The van der Waals surface area contributed by atoms with Gasteiger partial charge in [-0.15, -0.1) is 0 Å². The average molecular weight is 370 g/mol. The SMILES string of the molecule is FC(F)(F)C1=C(I)C(F)(F)C(F)(F)C1(F)F. The van der Waals surface area contributed by atoms with Gasteiger partial charge in [0.05, 0.1) is 3.58 Å². The Morgan fingerprint density at radius 2 is 1.19 bits per heavy atom. The first kappa shape index (κ1) is 13.9. The quantitative estimate of drug-likeness (QED) is 0.444. The highest BCUT2D eigenvalue weighted by molar-refractivity contribution is 14.1. The van der Waals surface area contributed by atoms with Gasteiger partial charge in [-0.1, -0.05) is 0 Å². The third-order valence-corrected chi connectivity index (χ3v) is 3.10. The van der Waals surface area contributed by atoms with Crippen molar-refractivity contribution in [2.24, 2.45) is 0 Å². The van der Waals surface area contributed by atoms with E-state index in [0.717, 1.165) is 0 Å². The molecule has 0 spiro atoms. The molecule has 10 heteroatoms. The molecule has 0 aromatic rings. The Labute approximate surface area is 95.6 Å². The first-order valence-electron chi connectivity index (χ1n) is 3.39. The van der Waals surface area contributed by atoms with Crippen LogP contribution in [0, 0.1) is 0 Å². The maximum absolute atomic E-state index is 12.6. The third-order valence-electron chi connectivity index (χ3n) is 1.88. The van der Waals surface area contributed by atoms with E-state index in [4.69, 9.17) is 0 Å². The summed E-state index contributed by atoms with van der Waals surface area (Å²) < 4.78 is 109. The number of hydrogen-bond donors (Lipinski definition) is 0. The topological polar surface area (TPSA) is 0 Å². The molecule has 0 nitrogen and oxygen atoms in total. The van der Waals surface area contributed by atoms with E-state index in [1.807, 2.05) is 0 Å². The van der Waals surface area contributed by atoms with E-state index < -0.39 is 33.1 Å². The van der Waals surface area contributed by atoms with Gasteiger partial charge in [0.15, 0.2) is 0 Å². The minimum atomic E-state index is -6.08. The van der Waals surface area contributed by atoms with Crippen LogP contribution < -0.4 is 0 Å². The maximum Gasteiger partial charge on any atom is 0.419 e. The van der Waals surface area contributed by atoms with E-state index in [9.17, 15) is 39.5 Å². The van der Waals surface area contributed by atoms with Crippen LogP contribution in [-0.2, 0) is 0 Å². The molecule has 0 N–H and O–H groups in total. The lowest BCUT2D eigenvalue weighted by Crippen LogP contribution is -2.50. The highest BCUT2D eigenvalue weighted by atomic mass is 127. The molecule has 0 amide bonds. The largest absolute Gasteiger partial charge is 0.419 e. The van der Waals surface area contributed by atoms with E-state index in [1.54, 1.807) is 0 Å². The Bertz CT molecular complexity index is 350. The van der Waals surface area contributed by atoms with E-state index in [1.165, 1.54) is 0 Å². The molecule has 0 aromatic carbocycles. The summed E-state index contributed by atoms with van der Waals surface area (Å²) in [5.74, 6) is -17.5. The Balaban J connectivity index is 3.55. The first-order chi connectivity index (χ1) is 6.78. The number of allylic oxidation sites excluding steroid dienone is 2. The molecule has 0 fully saturated rings. The van der Waals surface area contributed by atoms with Gasteiger partial charge in [-0.25, -0.2) is 0 Å². The normalized spacial score (nSPS) is 27.4. The number of alkyl halides is 9. The van der Waals surface area contributed by atoms with Crippen LogP contribution >= 0.6 is 22.6 Å². The molecule has 0 saturated heterocycles. The van der Waals surface area contributed by atoms with Crippen LogP contribution in [0.5, 0.6) is 0 Å². The summed E-state index contributed by atoms with van der Waals surface area (Å²) in [5, 5.41) is 0. The van der Waals surface area contributed by atoms with Crippen molar-refractivity contribution < 1.29 is 39.5 Å². The molecule has 16 heavy (non-hydrogen) atoms. The van der Waals surface area contributed by atoms with Crippen molar-refractivity contribution in [3.63, 3.8) is 0 Å². The molecule has 0 atom stereocenters. The highest BCUT2D eigenvalue weighted by Gasteiger charge is 2.83. The molecular weight excluding hydrogens is 370 g/mol. The van der Waals surface area contributed by atoms with E-state index in [0.29, 0.717) is 0 Å². The van der Waals surface area contributed by atoms with Crippen LogP contribution in [0.1, 0.15) is 0 Å². The van der Waals surface area contributed by atoms with Gasteiger partial charge >= 0.3 is 23.9 Å². The smallest absolute Gasteiger partial charge is 0.194 e. The maximum atomic E-state index is 12.6. The summed E-state index contributed by atoms with van der Waals surface area (Å²) in [6.07, 6.45) is -5.94. The van der Waals surface area contributed by atoms with Gasteiger partial charge in [0, 0.05) is 0 Å². The first-order valence-corrected chi connectivity index (χ1v) is 4.47. The van der Waals surface area contributed by atoms with Crippen molar-refractivity contribution in [2.45, 2.75) is 23.9 Å². The molecular formula is C6F9I. The molecule has 1 aliphatic carbocycles. The number of hydrogen-bond acceptors (Lipinski definition) is 0. The molecule has 0 radical (unpaired) electrons. The molecule has 0 saturated carbocycles. The summed E-state index contributed by atoms with van der Waals surface area (Å²) in [6.45, 7) is 0. The van der Waals surface area contributed by atoms with Crippen molar-refractivity contribution in [2.75, 3.05) is 0 Å². The lowest BCUT2D eigenvalue weighted by molar-refractivity contribution is -0.272. The number of halogens is 10. The summed E-state index contributed by atoms with van der Waals surface area (Å²) >= 11 is 0.162. The van der Waals surface area contributed by atoms with Crippen LogP contribution in [0.15, 0.2) is 9.15 Å². The molecule has 94 valence electrons. The van der Waals surface area contributed by atoms with Crippen LogP contribution in [0.25, 0.3) is 0 Å². The predicted octanol–water partition coefficient (Wildman–Crippen LogP) is 4.16. The standard InChI is InChI=1S/C6F9I/c7-3(8)1(5(11,12)13)2(16)4(9,10)6(3,14)15. The summed E-state index contributed by atoms with van der Waals surface area (Å²) in [4.78, 5) is 0. The molecule has 0 aliphatic heterocycles. The zero-order chi connectivity index (χ0) is 13.2. The Morgan fingerprint density at radius 3 is 1.31 bits per heavy atom. The van der Waals surface area contributed by atoms with Gasteiger partial charge in [-0.2, -0.15) is 39.5 Å². The fourth-order valence-electron chi connectivity index (χ4n) is 1.09. The van der Waals surface area contributed by atoms with Gasteiger partial charge in [0.2, 0.25) is 0 Å². The van der Waals surface area contributed by atoms with Gasteiger partial charge in [-0.05, 0) is 22.6 Å². The Morgan fingerprint density at radius 1 is 0.812 bits per heavy atom. The van der Waals surface area contributed by atoms with Crippen molar-refractivity contribution in [3.8, 4) is 0 Å². The second-order valence-electron chi connectivity index (χ2n) is 2.91. The molecule has 1 rings (SSSR count). The van der Waals surface area contributed by atoms with Crippen molar-refractivity contribution in [1.82, 2.24) is 0 Å². The minimum Gasteiger partial charge on any atom is -0.194 e. The Kier molecular flexibility index (Phi) is 2.77. The minimum absolute atomic E-state index is 0.162. The van der Waals surface area contributed by atoms with Gasteiger partial charge < -0.3 is 0 Å². The molecule has 0 aromatic heterocycles. The molecule has 0 bridgehead atoms. The fourth-order valence-corrected chi connectivity index (χ4v) is 2.07. The van der Waals surface area contributed by atoms with E-state index in [-0.39, 0.29) is 22.6 Å². The van der Waals surface area contributed by atoms with Crippen LogP contribution in [0.4, 0.5) is 39.5 Å². The van der Waals surface area contributed by atoms with Crippen LogP contribution in [0.3, 0.4) is 0 Å². The van der Waals surface area contributed by atoms with Crippen molar-refractivity contribution in [1.29, 1.82) is 0 Å². The number of rotatable bonds is 0. The summed E-state index contributed by atoms with van der Waals surface area (Å²) in [5.41, 5.74) is -3.18. The van der Waals surface area contributed by atoms with Gasteiger partial charge in [0.1, 0.15) is 5.57 Å². The zero-order valence-electron chi connectivity index (χ0n) is 6.78. The van der Waals surface area contributed by atoms with Gasteiger partial charge in [0.25, 0.3) is 0 Å². The second-order valence-corrected chi connectivity index (χ2v) is 3.99. The van der Waals surface area contributed by atoms with Crippen molar-refractivity contribution in [3.05, 3.63) is 9.15 Å². The van der Waals surface area contributed by atoms with E-state index in [2.05, 4.69) is 0 Å². The predicted molar refractivity (Wildman–Crippen MR) is 41.9 cm³/mol. The molecule has 1 aliphatic rings. The average Bonchev–Trinajstić information content (AvgIpc) is 2.06. The third kappa shape index (κ3) is 1.44.